The normalized spacial score (nSPS) is 9.91. The summed E-state index contributed by atoms with van der Waals surface area (Å²) in [7, 11) is 0. The summed E-state index contributed by atoms with van der Waals surface area (Å²) >= 11 is 0. The molecule has 2 N–H and O–H groups in total. The molecule has 0 fully saturated rings. The molecular weight excluding hydrogens is 150 g/mol. The Bertz CT molecular complexity index is 122. The summed E-state index contributed by atoms with van der Waals surface area (Å²) in [5.41, 5.74) is 0. The highest BCUT2D eigenvalue weighted by atomic mass is 16.6. The zero-order chi connectivity index (χ0) is 8.85. The van der Waals surface area contributed by atoms with Crippen molar-refractivity contribution in [1.82, 2.24) is 4.90 Å². The van der Waals surface area contributed by atoms with Crippen molar-refractivity contribution in [3.63, 3.8) is 0 Å². The Morgan fingerprint density at radius 3 is 2.18 bits per heavy atom. The lowest BCUT2D eigenvalue weighted by Gasteiger charge is -2.17. The van der Waals surface area contributed by atoms with Gasteiger partial charge in [-0.05, 0) is 13.8 Å². The van der Waals surface area contributed by atoms with Gasteiger partial charge >= 0.3 is 6.09 Å². The minimum atomic E-state index is -0.718. The molecule has 0 bridgehead atoms. The summed E-state index contributed by atoms with van der Waals surface area (Å²) in [6, 6.07) is 0. The highest BCUT2D eigenvalue weighted by molar-refractivity contribution is 5.67. The molecule has 0 spiro atoms. The van der Waals surface area contributed by atoms with Gasteiger partial charge in [0.05, 0.1) is 6.10 Å². The van der Waals surface area contributed by atoms with Crippen molar-refractivity contribution < 1.29 is 19.7 Å². The van der Waals surface area contributed by atoms with Crippen molar-refractivity contribution in [2.45, 2.75) is 20.0 Å². The smallest absolute Gasteiger partial charge is 0.413 e. The number of amides is 1. The van der Waals surface area contributed by atoms with Crippen LogP contribution in [0.2, 0.25) is 0 Å². The van der Waals surface area contributed by atoms with Crippen molar-refractivity contribution in [2.24, 2.45) is 0 Å². The van der Waals surface area contributed by atoms with Gasteiger partial charge in [0.1, 0.15) is 13.5 Å². The van der Waals surface area contributed by atoms with Crippen molar-refractivity contribution in [3.8, 4) is 0 Å². The number of carbonyl (C=O) groups excluding carboxylic acids is 1. The molecule has 0 aromatic heterocycles. The second-order valence-corrected chi connectivity index (χ2v) is 2.26. The first kappa shape index (κ1) is 10.2. The minimum Gasteiger partial charge on any atom is -0.447 e. The average molecular weight is 163 g/mol. The fraction of sp³-hybridized carbons (Fsp3) is 0.833. The van der Waals surface area contributed by atoms with Crippen molar-refractivity contribution in [1.29, 1.82) is 0 Å². The average Bonchev–Trinajstić information content (AvgIpc) is 1.88. The summed E-state index contributed by atoms with van der Waals surface area (Å²) in [5, 5.41) is 16.9. The molecule has 0 radical (unpaired) electrons. The van der Waals surface area contributed by atoms with Crippen LogP contribution in [0.15, 0.2) is 0 Å². The van der Waals surface area contributed by atoms with Gasteiger partial charge in [0.2, 0.25) is 0 Å². The Morgan fingerprint density at radius 2 is 1.91 bits per heavy atom. The van der Waals surface area contributed by atoms with Crippen LogP contribution in [0.3, 0.4) is 0 Å². The molecule has 0 heterocycles. The maximum atomic E-state index is 10.8. The van der Waals surface area contributed by atoms with Gasteiger partial charge in [-0.15, -0.1) is 0 Å². The first-order valence-corrected chi connectivity index (χ1v) is 3.29. The molecule has 0 unspecified atom stereocenters. The molecule has 5 heteroatoms. The number of rotatable bonds is 3. The molecule has 0 aromatic rings. The summed E-state index contributed by atoms with van der Waals surface area (Å²) in [5.74, 6) is 0. The molecule has 11 heavy (non-hydrogen) atoms. The monoisotopic (exact) mass is 163 g/mol. The quantitative estimate of drug-likeness (QED) is 0.562. The molecule has 0 saturated carbocycles. The van der Waals surface area contributed by atoms with Crippen LogP contribution >= 0.6 is 0 Å². The molecule has 66 valence electrons. The Kier molecular flexibility index (Phi) is 4.56. The fourth-order valence-corrected chi connectivity index (χ4v) is 0.436. The minimum absolute atomic E-state index is 0.247. The topological polar surface area (TPSA) is 70.0 Å². The van der Waals surface area contributed by atoms with Crippen molar-refractivity contribution >= 4 is 6.09 Å². The van der Waals surface area contributed by atoms with Crippen LogP contribution in [0, 0.1) is 0 Å². The molecule has 0 aliphatic rings. The van der Waals surface area contributed by atoms with Crippen LogP contribution in [0.25, 0.3) is 0 Å². The van der Waals surface area contributed by atoms with Crippen LogP contribution in [-0.2, 0) is 4.74 Å². The van der Waals surface area contributed by atoms with Gasteiger partial charge < -0.3 is 14.9 Å². The van der Waals surface area contributed by atoms with Gasteiger partial charge in [0, 0.05) is 0 Å². The second-order valence-electron chi connectivity index (χ2n) is 2.26. The molecule has 0 aromatic carbocycles. The lowest BCUT2D eigenvalue weighted by molar-refractivity contribution is 0.00721. The van der Waals surface area contributed by atoms with Gasteiger partial charge in [-0.2, -0.15) is 0 Å². The molecule has 1 amide bonds. The van der Waals surface area contributed by atoms with E-state index in [1.165, 1.54) is 0 Å². The summed E-state index contributed by atoms with van der Waals surface area (Å²) in [6.07, 6.45) is -0.965. The van der Waals surface area contributed by atoms with E-state index in [1.54, 1.807) is 13.8 Å². The third-order valence-electron chi connectivity index (χ3n) is 0.936. The SMILES string of the molecule is CC(C)OC(=O)N(CO)CO. The first-order valence-electron chi connectivity index (χ1n) is 3.29. The predicted molar refractivity (Wildman–Crippen MR) is 37.6 cm³/mol. The van der Waals surface area contributed by atoms with Crippen LogP contribution in [-0.4, -0.2) is 40.8 Å². The summed E-state index contributed by atoms with van der Waals surface area (Å²) < 4.78 is 4.66. The molecule has 5 nitrogen and oxygen atoms in total. The van der Waals surface area contributed by atoms with Gasteiger partial charge in [0.25, 0.3) is 0 Å². The first-order chi connectivity index (χ1) is 5.11. The number of ether oxygens (including phenoxy) is 1. The van der Waals surface area contributed by atoms with E-state index >= 15 is 0 Å². The van der Waals surface area contributed by atoms with E-state index in [-0.39, 0.29) is 6.10 Å². The Hall–Kier alpha value is -0.810. The van der Waals surface area contributed by atoms with Crippen molar-refractivity contribution in [3.05, 3.63) is 0 Å². The number of aliphatic hydroxyl groups is 2. The highest BCUT2D eigenvalue weighted by Crippen LogP contribution is 1.95. The van der Waals surface area contributed by atoms with Crippen molar-refractivity contribution in [2.75, 3.05) is 13.5 Å². The Balaban J connectivity index is 3.79. The van der Waals surface area contributed by atoms with E-state index in [0.717, 1.165) is 4.90 Å². The molecular formula is C6H13NO4. The van der Waals surface area contributed by atoms with Crippen LogP contribution < -0.4 is 0 Å². The van der Waals surface area contributed by atoms with Crippen LogP contribution in [0.4, 0.5) is 4.79 Å². The van der Waals surface area contributed by atoms with Crippen LogP contribution in [0.5, 0.6) is 0 Å². The molecule has 0 aliphatic carbocycles. The molecule has 0 rings (SSSR count). The van der Waals surface area contributed by atoms with Gasteiger partial charge in [-0.3, -0.25) is 4.90 Å². The summed E-state index contributed by atoms with van der Waals surface area (Å²) in [4.78, 5) is 11.6. The van der Waals surface area contributed by atoms with Gasteiger partial charge in [-0.1, -0.05) is 0 Å². The number of hydrogen-bond donors (Lipinski definition) is 2. The Labute approximate surface area is 65.2 Å². The highest BCUT2D eigenvalue weighted by Gasteiger charge is 2.13. The van der Waals surface area contributed by atoms with Gasteiger partial charge in [-0.25, -0.2) is 4.79 Å². The lowest BCUT2D eigenvalue weighted by atomic mass is 10.5. The number of nitrogens with zero attached hydrogens (tertiary/aromatic N) is 1. The zero-order valence-corrected chi connectivity index (χ0v) is 6.65. The number of aliphatic hydroxyl groups excluding tert-OH is 2. The van der Waals surface area contributed by atoms with Crippen LogP contribution in [0.1, 0.15) is 13.8 Å². The Morgan fingerprint density at radius 1 is 1.45 bits per heavy atom. The fourth-order valence-electron chi connectivity index (χ4n) is 0.436. The maximum absolute atomic E-state index is 10.8. The van der Waals surface area contributed by atoms with E-state index < -0.39 is 19.6 Å². The molecule has 0 aliphatic heterocycles. The van der Waals surface area contributed by atoms with E-state index in [0.29, 0.717) is 0 Å². The standard InChI is InChI=1S/C6H13NO4/c1-5(2)11-6(10)7(3-8)4-9/h5,8-9H,3-4H2,1-2H3. The third kappa shape index (κ3) is 3.79. The maximum Gasteiger partial charge on any atom is 0.413 e. The number of hydrogen-bond acceptors (Lipinski definition) is 4. The predicted octanol–water partition coefficient (Wildman–Crippen LogP) is -0.267. The third-order valence-corrected chi connectivity index (χ3v) is 0.936. The molecule has 0 saturated heterocycles. The molecule has 0 atom stereocenters. The zero-order valence-electron chi connectivity index (χ0n) is 6.65. The largest absolute Gasteiger partial charge is 0.447 e. The van der Waals surface area contributed by atoms with E-state index in [2.05, 4.69) is 4.74 Å². The van der Waals surface area contributed by atoms with Gasteiger partial charge in [0.15, 0.2) is 0 Å². The van der Waals surface area contributed by atoms with E-state index in [1.807, 2.05) is 0 Å². The number of carbonyl (C=O) groups is 1. The second kappa shape index (κ2) is 4.92. The summed E-state index contributed by atoms with van der Waals surface area (Å²) in [6.45, 7) is 2.29. The van der Waals surface area contributed by atoms with E-state index in [4.69, 9.17) is 10.2 Å². The van der Waals surface area contributed by atoms with E-state index in [9.17, 15) is 4.79 Å². The lowest BCUT2D eigenvalue weighted by Crippen LogP contribution is -2.34.